The van der Waals surface area contributed by atoms with E-state index in [1.54, 1.807) is 7.11 Å². The fraction of sp³-hybridized carbons (Fsp3) is 0.364. The molecule has 2 aromatic rings. The first-order chi connectivity index (χ1) is 13.6. The van der Waals surface area contributed by atoms with Crippen LogP contribution in [0.15, 0.2) is 42.5 Å². The molecule has 1 amide bonds. The maximum Gasteiger partial charge on any atom is 0.216 e. The van der Waals surface area contributed by atoms with Gasteiger partial charge in [0.15, 0.2) is 0 Å². The summed E-state index contributed by atoms with van der Waals surface area (Å²) in [6.45, 7) is 5.25. The number of nitrogens with one attached hydrogen (secondary N) is 1. The second kappa shape index (κ2) is 8.66. The van der Waals surface area contributed by atoms with E-state index in [0.717, 1.165) is 34.9 Å². The van der Waals surface area contributed by atoms with Gasteiger partial charge in [-0.2, -0.15) is 5.26 Å². The van der Waals surface area contributed by atoms with Gasteiger partial charge in [0.05, 0.1) is 31.7 Å². The van der Waals surface area contributed by atoms with Gasteiger partial charge in [-0.3, -0.25) is 4.79 Å². The van der Waals surface area contributed by atoms with E-state index in [1.807, 2.05) is 42.5 Å². The Labute approximate surface area is 165 Å². The van der Waals surface area contributed by atoms with Crippen LogP contribution >= 0.6 is 0 Å². The Hall–Kier alpha value is -3.20. The number of nitriles is 1. The zero-order valence-corrected chi connectivity index (χ0v) is 16.4. The summed E-state index contributed by atoms with van der Waals surface area (Å²) in [4.78, 5) is 13.1. The van der Waals surface area contributed by atoms with Crippen LogP contribution in [0, 0.1) is 11.3 Å². The first-order valence-corrected chi connectivity index (χ1v) is 9.40. The highest BCUT2D eigenvalue weighted by atomic mass is 16.5. The number of carbonyl (C=O) groups is 1. The van der Waals surface area contributed by atoms with Crippen molar-refractivity contribution < 1.29 is 14.3 Å². The van der Waals surface area contributed by atoms with Gasteiger partial charge >= 0.3 is 0 Å². The molecule has 1 aliphatic heterocycles. The van der Waals surface area contributed by atoms with E-state index in [0.29, 0.717) is 13.2 Å². The number of ether oxygens (including phenoxy) is 2. The fourth-order valence-electron chi connectivity index (χ4n) is 3.70. The summed E-state index contributed by atoms with van der Waals surface area (Å²) >= 11 is 0. The zero-order chi connectivity index (χ0) is 20.1. The Bertz CT molecular complexity index is 874. The predicted molar refractivity (Wildman–Crippen MR) is 108 cm³/mol. The predicted octanol–water partition coefficient (Wildman–Crippen LogP) is 3.40. The molecule has 3 rings (SSSR count). The molecule has 0 fully saturated rings. The molecule has 2 atom stereocenters. The third-order valence-corrected chi connectivity index (χ3v) is 4.98. The Morgan fingerprint density at radius 2 is 1.93 bits per heavy atom. The molecule has 0 saturated carbocycles. The molecular weight excluding hydrogens is 354 g/mol. The lowest BCUT2D eigenvalue weighted by Gasteiger charge is -2.28. The number of amides is 1. The minimum Gasteiger partial charge on any atom is -0.497 e. The monoisotopic (exact) mass is 379 g/mol. The van der Waals surface area contributed by atoms with Crippen molar-refractivity contribution in [2.24, 2.45) is 0 Å². The van der Waals surface area contributed by atoms with Crippen LogP contribution in [0.2, 0.25) is 0 Å². The molecule has 0 spiro atoms. The maximum atomic E-state index is 10.9. The first-order valence-electron chi connectivity index (χ1n) is 9.40. The fourth-order valence-corrected chi connectivity index (χ4v) is 3.70. The van der Waals surface area contributed by atoms with E-state index in [4.69, 9.17) is 9.47 Å². The molecule has 6 nitrogen and oxygen atoms in total. The number of hydrogen-bond donors (Lipinski definition) is 1. The van der Waals surface area contributed by atoms with E-state index in [-0.39, 0.29) is 17.9 Å². The molecule has 2 aromatic carbocycles. The second-order valence-corrected chi connectivity index (χ2v) is 6.66. The standard InChI is InChI=1S/C22H25N3O3/c1-4-25-21-13-18(27-3)9-10-19(21)20(14-23)22(25)16-5-7-17(8-6-16)28-12-11-24-15(2)26/h5-10,13,20,22H,4,11-12H2,1-3H3,(H,24,26). The molecule has 0 aromatic heterocycles. The normalized spacial score (nSPS) is 17.6. The van der Waals surface area contributed by atoms with Crippen LogP contribution in [0.3, 0.4) is 0 Å². The van der Waals surface area contributed by atoms with Gasteiger partial charge in [0, 0.05) is 25.2 Å². The van der Waals surface area contributed by atoms with Crippen molar-refractivity contribution in [2.75, 3.05) is 31.7 Å². The summed E-state index contributed by atoms with van der Waals surface area (Å²) in [7, 11) is 1.65. The van der Waals surface area contributed by atoms with Gasteiger partial charge in [-0.1, -0.05) is 18.2 Å². The highest BCUT2D eigenvalue weighted by Gasteiger charge is 2.39. The molecule has 0 bridgehead atoms. The van der Waals surface area contributed by atoms with Crippen LogP contribution in [0.4, 0.5) is 5.69 Å². The third kappa shape index (κ3) is 3.89. The van der Waals surface area contributed by atoms with E-state index in [9.17, 15) is 10.1 Å². The zero-order valence-electron chi connectivity index (χ0n) is 16.4. The number of fused-ring (bicyclic) bond motifs is 1. The summed E-state index contributed by atoms with van der Waals surface area (Å²) in [5.74, 6) is 1.21. The molecule has 1 heterocycles. The topological polar surface area (TPSA) is 74.6 Å². The number of benzene rings is 2. The van der Waals surface area contributed by atoms with Crippen LogP contribution < -0.4 is 19.7 Å². The van der Waals surface area contributed by atoms with Gasteiger partial charge in [-0.25, -0.2) is 0 Å². The number of anilines is 1. The van der Waals surface area contributed by atoms with Crippen molar-refractivity contribution in [3.63, 3.8) is 0 Å². The minimum absolute atomic E-state index is 0.0504. The van der Waals surface area contributed by atoms with Gasteiger partial charge in [0.25, 0.3) is 0 Å². The lowest BCUT2D eigenvalue weighted by atomic mass is 9.91. The highest BCUT2D eigenvalue weighted by molar-refractivity contribution is 5.72. The molecular formula is C22H25N3O3. The second-order valence-electron chi connectivity index (χ2n) is 6.66. The van der Waals surface area contributed by atoms with E-state index >= 15 is 0 Å². The van der Waals surface area contributed by atoms with E-state index in [2.05, 4.69) is 23.2 Å². The molecule has 0 saturated heterocycles. The molecule has 1 aliphatic rings. The number of hydrogen-bond acceptors (Lipinski definition) is 5. The minimum atomic E-state index is -0.243. The Kier molecular flexibility index (Phi) is 6.05. The number of methoxy groups -OCH3 is 1. The van der Waals surface area contributed by atoms with Gasteiger partial charge in [0.1, 0.15) is 18.1 Å². The van der Waals surface area contributed by atoms with Crippen molar-refractivity contribution in [1.82, 2.24) is 5.32 Å². The summed E-state index contributed by atoms with van der Waals surface area (Å²) in [6, 6.07) is 16.2. The van der Waals surface area contributed by atoms with Gasteiger partial charge < -0.3 is 19.7 Å². The first kappa shape index (κ1) is 19.6. The maximum absolute atomic E-state index is 10.9. The number of nitrogens with zero attached hydrogens (tertiary/aromatic N) is 2. The van der Waals surface area contributed by atoms with Crippen LogP contribution in [-0.4, -0.2) is 32.7 Å². The lowest BCUT2D eigenvalue weighted by molar-refractivity contribution is -0.119. The smallest absolute Gasteiger partial charge is 0.216 e. The quantitative estimate of drug-likeness (QED) is 0.747. The van der Waals surface area contributed by atoms with Crippen molar-refractivity contribution >= 4 is 11.6 Å². The van der Waals surface area contributed by atoms with Crippen LogP contribution in [-0.2, 0) is 4.79 Å². The lowest BCUT2D eigenvalue weighted by Crippen LogP contribution is -2.26. The van der Waals surface area contributed by atoms with Crippen molar-refractivity contribution in [1.29, 1.82) is 5.26 Å². The van der Waals surface area contributed by atoms with Crippen LogP contribution in [0.5, 0.6) is 11.5 Å². The summed E-state index contributed by atoms with van der Waals surface area (Å²) in [6.07, 6.45) is 0. The third-order valence-electron chi connectivity index (χ3n) is 4.98. The average molecular weight is 379 g/mol. The van der Waals surface area contributed by atoms with Crippen molar-refractivity contribution in [2.45, 2.75) is 25.8 Å². The SMILES string of the molecule is CCN1c2cc(OC)ccc2C(C#N)C1c1ccc(OCCNC(C)=O)cc1. The summed E-state index contributed by atoms with van der Waals surface area (Å²) in [5, 5.41) is 12.6. The summed E-state index contributed by atoms with van der Waals surface area (Å²) in [5.41, 5.74) is 3.15. The summed E-state index contributed by atoms with van der Waals surface area (Å²) < 4.78 is 11.0. The molecule has 146 valence electrons. The number of likely N-dealkylation sites (N-methyl/N-ethyl adjacent to an activating group) is 1. The van der Waals surface area contributed by atoms with Gasteiger partial charge in [0.2, 0.25) is 5.91 Å². The number of rotatable bonds is 7. The Balaban J connectivity index is 1.80. The molecule has 0 aliphatic carbocycles. The largest absolute Gasteiger partial charge is 0.497 e. The van der Waals surface area contributed by atoms with Crippen molar-refractivity contribution in [3.05, 3.63) is 53.6 Å². The van der Waals surface area contributed by atoms with Crippen molar-refractivity contribution in [3.8, 4) is 17.6 Å². The van der Waals surface area contributed by atoms with E-state index in [1.165, 1.54) is 6.92 Å². The Morgan fingerprint density at radius 1 is 1.21 bits per heavy atom. The molecule has 28 heavy (non-hydrogen) atoms. The molecule has 1 N–H and O–H groups in total. The van der Waals surface area contributed by atoms with E-state index < -0.39 is 0 Å². The highest BCUT2D eigenvalue weighted by Crippen LogP contribution is 2.49. The Morgan fingerprint density at radius 3 is 2.54 bits per heavy atom. The average Bonchev–Trinajstić information content (AvgIpc) is 3.04. The molecule has 0 radical (unpaired) electrons. The molecule has 2 unspecified atom stereocenters. The van der Waals surface area contributed by atoms with Gasteiger partial charge in [-0.05, 0) is 36.2 Å². The molecule has 6 heteroatoms. The van der Waals surface area contributed by atoms with Crippen LogP contribution in [0.25, 0.3) is 0 Å². The number of carbonyl (C=O) groups excluding carboxylic acids is 1. The van der Waals surface area contributed by atoms with Crippen LogP contribution in [0.1, 0.15) is 36.9 Å². The van der Waals surface area contributed by atoms with Gasteiger partial charge in [-0.15, -0.1) is 0 Å².